The van der Waals surface area contributed by atoms with Gasteiger partial charge in [-0.1, -0.05) is 6.92 Å². The number of aliphatic carboxylic acids is 1. The minimum absolute atomic E-state index is 0.276. The summed E-state index contributed by atoms with van der Waals surface area (Å²) < 4.78 is 5.40. The summed E-state index contributed by atoms with van der Waals surface area (Å²) in [6.07, 6.45) is 0.689. The van der Waals surface area contributed by atoms with Gasteiger partial charge in [-0.15, -0.1) is 11.3 Å². The van der Waals surface area contributed by atoms with Crippen LogP contribution in [0.15, 0.2) is 29.6 Å². The Morgan fingerprint density at radius 2 is 1.96 bits per heavy atom. The molecule has 1 heterocycles. The highest BCUT2D eigenvalue weighted by Crippen LogP contribution is 2.26. The van der Waals surface area contributed by atoms with E-state index < -0.39 is 5.97 Å². The molecule has 0 atom stereocenters. The number of ether oxygens (including phenoxy) is 1. The third kappa shape index (κ3) is 4.55. The number of benzene rings is 1. The van der Waals surface area contributed by atoms with Crippen LogP contribution in [0.1, 0.15) is 30.8 Å². The number of carbonyl (C=O) groups is 2. The van der Waals surface area contributed by atoms with Crippen molar-refractivity contribution in [2.45, 2.75) is 20.3 Å². The zero-order valence-electron chi connectivity index (χ0n) is 13.7. The van der Waals surface area contributed by atoms with Gasteiger partial charge in [0.25, 0.3) is 5.91 Å². The van der Waals surface area contributed by atoms with E-state index >= 15 is 0 Å². The fraction of sp³-hybridized carbons (Fsp3) is 0.353. The predicted octanol–water partition coefficient (Wildman–Crippen LogP) is 3.15. The monoisotopic (exact) mass is 348 g/mol. The van der Waals surface area contributed by atoms with Crippen LogP contribution in [0.3, 0.4) is 0 Å². The number of rotatable bonds is 8. The normalized spacial score (nSPS) is 10.4. The first-order valence-corrected chi connectivity index (χ1v) is 8.63. The quantitative estimate of drug-likeness (QED) is 0.793. The molecule has 0 aliphatic heterocycles. The predicted molar refractivity (Wildman–Crippen MR) is 92.5 cm³/mol. The van der Waals surface area contributed by atoms with Gasteiger partial charge in [0.2, 0.25) is 0 Å². The van der Waals surface area contributed by atoms with Gasteiger partial charge in [-0.05, 0) is 37.6 Å². The van der Waals surface area contributed by atoms with E-state index in [9.17, 15) is 9.59 Å². The van der Waals surface area contributed by atoms with Crippen molar-refractivity contribution < 1.29 is 19.4 Å². The van der Waals surface area contributed by atoms with E-state index in [1.54, 1.807) is 5.38 Å². The number of nitrogens with zero attached hydrogens (tertiary/aromatic N) is 2. The van der Waals surface area contributed by atoms with Gasteiger partial charge in [0.05, 0.1) is 6.61 Å². The van der Waals surface area contributed by atoms with Crippen molar-refractivity contribution >= 4 is 23.2 Å². The van der Waals surface area contributed by atoms with Crippen molar-refractivity contribution in [3.05, 3.63) is 35.3 Å². The lowest BCUT2D eigenvalue weighted by Crippen LogP contribution is -2.36. The lowest BCUT2D eigenvalue weighted by atomic mass is 10.2. The Morgan fingerprint density at radius 3 is 2.54 bits per heavy atom. The van der Waals surface area contributed by atoms with Crippen LogP contribution in [-0.4, -0.2) is 46.6 Å². The summed E-state index contributed by atoms with van der Waals surface area (Å²) in [6.45, 7) is 4.50. The van der Waals surface area contributed by atoms with E-state index in [2.05, 4.69) is 4.98 Å². The molecule has 6 nitrogen and oxygen atoms in total. The minimum atomic E-state index is -1.03. The molecule has 1 amide bonds. The van der Waals surface area contributed by atoms with Gasteiger partial charge in [-0.25, -0.2) is 4.98 Å². The molecule has 0 aliphatic rings. The number of carboxylic acids is 1. The maximum Gasteiger partial charge on any atom is 0.323 e. The number of thiazole rings is 1. The molecule has 1 aromatic carbocycles. The summed E-state index contributed by atoms with van der Waals surface area (Å²) in [7, 11) is 0. The Balaban J connectivity index is 2.16. The number of hydrogen-bond acceptors (Lipinski definition) is 5. The van der Waals surface area contributed by atoms with Crippen molar-refractivity contribution in [3.8, 4) is 16.3 Å². The van der Waals surface area contributed by atoms with Crippen molar-refractivity contribution in [1.29, 1.82) is 0 Å². The van der Waals surface area contributed by atoms with Crippen LogP contribution in [0.25, 0.3) is 10.6 Å². The van der Waals surface area contributed by atoms with Gasteiger partial charge in [-0.3, -0.25) is 9.59 Å². The molecule has 0 saturated heterocycles. The Hall–Kier alpha value is -2.41. The molecule has 7 heteroatoms. The van der Waals surface area contributed by atoms with E-state index in [4.69, 9.17) is 9.84 Å². The maximum atomic E-state index is 12.4. The van der Waals surface area contributed by atoms with Gasteiger partial charge in [-0.2, -0.15) is 0 Å². The zero-order valence-corrected chi connectivity index (χ0v) is 14.5. The third-order valence-corrected chi connectivity index (χ3v) is 4.13. The molecule has 0 bridgehead atoms. The highest BCUT2D eigenvalue weighted by Gasteiger charge is 2.20. The summed E-state index contributed by atoms with van der Waals surface area (Å²) in [5.41, 5.74) is 1.17. The summed E-state index contributed by atoms with van der Waals surface area (Å²) in [5.74, 6) is -0.601. The van der Waals surface area contributed by atoms with Crippen LogP contribution in [-0.2, 0) is 4.79 Å². The van der Waals surface area contributed by atoms with E-state index in [1.807, 2.05) is 38.1 Å². The van der Waals surface area contributed by atoms with Crippen LogP contribution in [0, 0.1) is 0 Å². The van der Waals surface area contributed by atoms with Gasteiger partial charge in [0.15, 0.2) is 0 Å². The SMILES string of the molecule is CCCN(CC(=O)O)C(=O)c1csc(-c2ccc(OCC)cc2)n1. The first-order chi connectivity index (χ1) is 11.5. The third-order valence-electron chi connectivity index (χ3n) is 3.24. The number of carbonyl (C=O) groups excluding carboxylic acids is 1. The second-order valence-corrected chi connectivity index (χ2v) is 5.97. The fourth-order valence-corrected chi connectivity index (χ4v) is 3.01. The zero-order chi connectivity index (χ0) is 17.5. The van der Waals surface area contributed by atoms with Crippen LogP contribution < -0.4 is 4.74 Å². The second kappa shape index (κ2) is 8.44. The van der Waals surface area contributed by atoms with E-state index in [-0.39, 0.29) is 18.1 Å². The summed E-state index contributed by atoms with van der Waals surface area (Å²) in [6, 6.07) is 7.49. The molecule has 0 unspecified atom stereocenters. The van der Waals surface area contributed by atoms with E-state index in [0.29, 0.717) is 24.6 Å². The van der Waals surface area contributed by atoms with Crippen LogP contribution in [0.5, 0.6) is 5.75 Å². The molecule has 2 aromatic rings. The highest BCUT2D eigenvalue weighted by molar-refractivity contribution is 7.13. The number of amides is 1. The van der Waals surface area contributed by atoms with Crippen molar-refractivity contribution in [3.63, 3.8) is 0 Å². The average Bonchev–Trinajstić information content (AvgIpc) is 3.04. The highest BCUT2D eigenvalue weighted by atomic mass is 32.1. The Bertz CT molecular complexity index is 697. The smallest absolute Gasteiger partial charge is 0.323 e. The van der Waals surface area contributed by atoms with Crippen LogP contribution in [0.4, 0.5) is 0 Å². The first kappa shape index (κ1) is 17.9. The average molecular weight is 348 g/mol. The number of carboxylic acid groups (broad SMARTS) is 1. The molecular formula is C17H20N2O4S. The molecular weight excluding hydrogens is 328 g/mol. The molecule has 0 radical (unpaired) electrons. The van der Waals surface area contributed by atoms with Gasteiger partial charge >= 0.3 is 5.97 Å². The number of aromatic nitrogens is 1. The molecule has 0 aliphatic carbocycles. The van der Waals surface area contributed by atoms with Crippen molar-refractivity contribution in [2.75, 3.05) is 19.7 Å². The second-order valence-electron chi connectivity index (χ2n) is 5.12. The first-order valence-electron chi connectivity index (χ1n) is 7.75. The summed E-state index contributed by atoms with van der Waals surface area (Å²) in [4.78, 5) is 29.0. The van der Waals surface area contributed by atoms with Gasteiger partial charge in [0, 0.05) is 17.5 Å². The molecule has 2 rings (SSSR count). The minimum Gasteiger partial charge on any atom is -0.494 e. The fourth-order valence-electron chi connectivity index (χ4n) is 2.21. The van der Waals surface area contributed by atoms with E-state index in [0.717, 1.165) is 11.3 Å². The van der Waals surface area contributed by atoms with Crippen LogP contribution >= 0.6 is 11.3 Å². The molecule has 1 aromatic heterocycles. The summed E-state index contributed by atoms with van der Waals surface area (Å²) >= 11 is 1.36. The maximum absolute atomic E-state index is 12.4. The Labute approximate surface area is 144 Å². The molecule has 1 N–H and O–H groups in total. The Kier molecular flexibility index (Phi) is 6.31. The standard InChI is InChI=1S/C17H20N2O4S/c1-3-9-19(10-15(20)21)17(22)14-11-24-16(18-14)12-5-7-13(8-6-12)23-4-2/h5-8,11H,3-4,9-10H2,1-2H3,(H,20,21). The summed E-state index contributed by atoms with van der Waals surface area (Å²) in [5, 5.41) is 11.3. The molecule has 0 saturated carbocycles. The molecule has 24 heavy (non-hydrogen) atoms. The van der Waals surface area contributed by atoms with Gasteiger partial charge < -0.3 is 14.7 Å². The number of hydrogen-bond donors (Lipinski definition) is 1. The van der Waals surface area contributed by atoms with Crippen molar-refractivity contribution in [1.82, 2.24) is 9.88 Å². The molecule has 0 fully saturated rings. The lowest BCUT2D eigenvalue weighted by Gasteiger charge is -2.18. The molecule has 0 spiro atoms. The van der Waals surface area contributed by atoms with Gasteiger partial charge in [0.1, 0.15) is 23.0 Å². The topological polar surface area (TPSA) is 79.7 Å². The van der Waals surface area contributed by atoms with E-state index in [1.165, 1.54) is 16.2 Å². The lowest BCUT2D eigenvalue weighted by molar-refractivity contribution is -0.137. The molecule has 128 valence electrons. The Morgan fingerprint density at radius 1 is 1.25 bits per heavy atom. The van der Waals surface area contributed by atoms with Crippen LogP contribution in [0.2, 0.25) is 0 Å². The van der Waals surface area contributed by atoms with Crippen molar-refractivity contribution in [2.24, 2.45) is 0 Å². The largest absolute Gasteiger partial charge is 0.494 e.